The number of carbonyl (C=O) groups is 2. The van der Waals surface area contributed by atoms with Crippen molar-refractivity contribution in [2.75, 3.05) is 45.1 Å². The number of H-pyrrole nitrogens is 1. The van der Waals surface area contributed by atoms with Gasteiger partial charge in [0.2, 0.25) is 11.7 Å². The summed E-state index contributed by atoms with van der Waals surface area (Å²) in [5.74, 6) is 0.372. The second kappa shape index (κ2) is 12.7. The predicted molar refractivity (Wildman–Crippen MR) is 158 cm³/mol. The second-order valence-corrected chi connectivity index (χ2v) is 10.1. The van der Waals surface area contributed by atoms with Gasteiger partial charge in [-0.3, -0.25) is 14.5 Å². The zero-order chi connectivity index (χ0) is 29.8. The van der Waals surface area contributed by atoms with Crippen molar-refractivity contribution in [2.45, 2.75) is 26.4 Å². The summed E-state index contributed by atoms with van der Waals surface area (Å²) >= 11 is 13.1. The number of nitrogens with zero attached hydrogens (tertiary/aromatic N) is 3. The van der Waals surface area contributed by atoms with Crippen molar-refractivity contribution in [3.05, 3.63) is 50.9 Å². The molecule has 5 N–H and O–H groups in total. The van der Waals surface area contributed by atoms with Gasteiger partial charge >= 0.3 is 0 Å². The van der Waals surface area contributed by atoms with Crippen LogP contribution in [0.3, 0.4) is 0 Å². The molecule has 0 saturated heterocycles. The number of hydrogen-bond donors (Lipinski definition) is 4. The molecule has 0 aliphatic carbocycles. The SMILES string of the molecule is COc1cc(CN2C(=O)C(=Cc3cc(C(=O)NCCNC(C)C)c[nH]3)c3c(Cl)nc(N)nc32)c(Cl)c(OC)c1OC. The molecule has 0 saturated carbocycles. The number of ether oxygens (including phenoxy) is 3. The number of halogens is 2. The van der Waals surface area contributed by atoms with Gasteiger partial charge in [-0.15, -0.1) is 0 Å². The van der Waals surface area contributed by atoms with Crippen LogP contribution in [0.25, 0.3) is 11.6 Å². The van der Waals surface area contributed by atoms with Crippen molar-refractivity contribution >= 4 is 58.4 Å². The highest BCUT2D eigenvalue weighted by molar-refractivity contribution is 6.41. The summed E-state index contributed by atoms with van der Waals surface area (Å²) in [4.78, 5) is 39.1. The lowest BCUT2D eigenvalue weighted by Gasteiger charge is -2.20. The Balaban J connectivity index is 1.67. The fourth-order valence-electron chi connectivity index (χ4n) is 4.37. The first-order valence-electron chi connectivity index (χ1n) is 12.6. The van der Waals surface area contributed by atoms with E-state index in [1.165, 1.54) is 26.2 Å². The molecule has 2 aromatic heterocycles. The minimum absolute atomic E-state index is 0.00719. The minimum Gasteiger partial charge on any atom is -0.493 e. The van der Waals surface area contributed by atoms with E-state index in [2.05, 4.69) is 25.6 Å². The first kappa shape index (κ1) is 30.0. The van der Waals surface area contributed by atoms with E-state index in [-0.39, 0.29) is 45.7 Å². The van der Waals surface area contributed by atoms with Crippen LogP contribution in [-0.4, -0.2) is 67.2 Å². The van der Waals surface area contributed by atoms with Crippen LogP contribution in [0.4, 0.5) is 11.8 Å². The highest BCUT2D eigenvalue weighted by Crippen LogP contribution is 2.47. The lowest BCUT2D eigenvalue weighted by molar-refractivity contribution is -0.113. The number of fused-ring (bicyclic) bond motifs is 1. The van der Waals surface area contributed by atoms with Gasteiger partial charge in [0.1, 0.15) is 5.15 Å². The number of hydrogen-bond acceptors (Lipinski definition) is 9. The topological polar surface area (TPSA) is 157 Å². The average Bonchev–Trinajstić information content (AvgIpc) is 3.50. The third-order valence-corrected chi connectivity index (χ3v) is 6.96. The molecule has 2 amide bonds. The first-order chi connectivity index (χ1) is 19.6. The summed E-state index contributed by atoms with van der Waals surface area (Å²) in [5.41, 5.74) is 7.82. The second-order valence-electron chi connectivity index (χ2n) is 9.35. The van der Waals surface area contributed by atoms with Crippen molar-refractivity contribution in [1.29, 1.82) is 0 Å². The Morgan fingerprint density at radius 2 is 1.85 bits per heavy atom. The molecule has 0 bridgehead atoms. The molecule has 1 aliphatic rings. The lowest BCUT2D eigenvalue weighted by atomic mass is 10.1. The molecule has 3 aromatic rings. The molecule has 3 heterocycles. The van der Waals surface area contributed by atoms with Crippen LogP contribution >= 0.6 is 23.2 Å². The fraction of sp³-hybridized carbons (Fsp3) is 0.333. The standard InChI is InChI=1S/C27H31Cl2N7O5/c1-13(2)31-6-7-32-25(37)14-8-16(33-11-14)10-17-19-23(29)34-27(30)35-24(19)36(26(17)38)12-15-9-18(39-3)21(40-4)22(41-5)20(15)28/h8-11,13,31,33H,6-7,12H2,1-5H3,(H,32,37)(H2,30,34,35). The van der Waals surface area contributed by atoms with E-state index in [1.54, 1.807) is 24.4 Å². The molecule has 1 aliphatic heterocycles. The van der Waals surface area contributed by atoms with E-state index in [4.69, 9.17) is 43.1 Å². The molecule has 0 radical (unpaired) electrons. The molecule has 0 atom stereocenters. The Morgan fingerprint density at radius 1 is 1.12 bits per heavy atom. The smallest absolute Gasteiger partial charge is 0.260 e. The van der Waals surface area contributed by atoms with E-state index in [9.17, 15) is 9.59 Å². The zero-order valence-corrected chi connectivity index (χ0v) is 24.7. The third-order valence-electron chi connectivity index (χ3n) is 6.27. The Bertz CT molecular complexity index is 1510. The van der Waals surface area contributed by atoms with Gasteiger partial charge in [-0.2, -0.15) is 4.98 Å². The number of nitrogen functional groups attached to an aromatic ring is 1. The number of carbonyl (C=O) groups excluding carboxylic acids is 2. The number of nitrogens with two attached hydrogens (primary N) is 1. The van der Waals surface area contributed by atoms with E-state index < -0.39 is 5.91 Å². The minimum atomic E-state index is -0.424. The van der Waals surface area contributed by atoms with Gasteiger partial charge in [-0.1, -0.05) is 37.0 Å². The average molecular weight is 604 g/mol. The molecule has 218 valence electrons. The lowest BCUT2D eigenvalue weighted by Crippen LogP contribution is -2.34. The highest BCUT2D eigenvalue weighted by Gasteiger charge is 2.38. The summed E-state index contributed by atoms with van der Waals surface area (Å²) in [6.07, 6.45) is 3.15. The maximum Gasteiger partial charge on any atom is 0.260 e. The summed E-state index contributed by atoms with van der Waals surface area (Å²) in [6, 6.07) is 3.60. The number of amides is 2. The Labute approximate surface area is 247 Å². The fourth-order valence-corrected chi connectivity index (χ4v) is 4.92. The van der Waals surface area contributed by atoms with E-state index in [0.717, 1.165) is 0 Å². The summed E-state index contributed by atoms with van der Waals surface area (Å²) < 4.78 is 16.3. The van der Waals surface area contributed by atoms with E-state index >= 15 is 0 Å². The maximum atomic E-state index is 13.8. The van der Waals surface area contributed by atoms with E-state index in [0.29, 0.717) is 53.0 Å². The Morgan fingerprint density at radius 3 is 2.51 bits per heavy atom. The molecular weight excluding hydrogens is 573 g/mol. The number of nitrogens with one attached hydrogen (secondary N) is 3. The van der Waals surface area contributed by atoms with Gasteiger partial charge < -0.3 is 35.6 Å². The van der Waals surface area contributed by atoms with Gasteiger partial charge in [0.05, 0.1) is 49.6 Å². The van der Waals surface area contributed by atoms with Crippen LogP contribution in [0.15, 0.2) is 18.3 Å². The molecule has 12 nitrogen and oxygen atoms in total. The molecule has 0 fully saturated rings. The highest BCUT2D eigenvalue weighted by atomic mass is 35.5. The first-order valence-corrected chi connectivity index (χ1v) is 13.4. The van der Waals surface area contributed by atoms with Crippen LogP contribution in [0.5, 0.6) is 17.2 Å². The van der Waals surface area contributed by atoms with Crippen molar-refractivity contribution in [3.63, 3.8) is 0 Å². The number of aromatic amines is 1. The van der Waals surface area contributed by atoms with Crippen molar-refractivity contribution < 1.29 is 23.8 Å². The van der Waals surface area contributed by atoms with Crippen LogP contribution in [-0.2, 0) is 11.3 Å². The number of benzene rings is 1. The van der Waals surface area contributed by atoms with Gasteiger partial charge in [-0.05, 0) is 23.8 Å². The van der Waals surface area contributed by atoms with Gasteiger partial charge in [0.15, 0.2) is 17.3 Å². The van der Waals surface area contributed by atoms with Crippen molar-refractivity contribution in [1.82, 2.24) is 25.6 Å². The Kier molecular flexibility index (Phi) is 9.26. The molecule has 0 spiro atoms. The number of aromatic nitrogens is 3. The summed E-state index contributed by atoms with van der Waals surface area (Å²) in [7, 11) is 4.40. The summed E-state index contributed by atoms with van der Waals surface area (Å²) in [5, 5.41) is 6.33. The van der Waals surface area contributed by atoms with Crippen molar-refractivity contribution in [2.24, 2.45) is 0 Å². The summed E-state index contributed by atoms with van der Waals surface area (Å²) in [6.45, 7) is 5.15. The predicted octanol–water partition coefficient (Wildman–Crippen LogP) is 3.53. The van der Waals surface area contributed by atoms with Crippen LogP contribution in [0.1, 0.15) is 41.0 Å². The molecule has 41 heavy (non-hydrogen) atoms. The van der Waals surface area contributed by atoms with Gasteiger partial charge in [0.25, 0.3) is 11.8 Å². The normalized spacial score (nSPS) is 13.6. The largest absolute Gasteiger partial charge is 0.493 e. The quantitative estimate of drug-likeness (QED) is 0.146. The number of anilines is 2. The maximum absolute atomic E-state index is 13.8. The van der Waals surface area contributed by atoms with Crippen LogP contribution in [0.2, 0.25) is 10.2 Å². The van der Waals surface area contributed by atoms with Gasteiger partial charge in [0, 0.05) is 31.0 Å². The number of rotatable bonds is 11. The number of methoxy groups -OCH3 is 3. The van der Waals surface area contributed by atoms with Crippen LogP contribution in [0, 0.1) is 0 Å². The third kappa shape index (κ3) is 6.19. The molecule has 0 unspecified atom stereocenters. The van der Waals surface area contributed by atoms with E-state index in [1.807, 2.05) is 13.8 Å². The molecular formula is C27H31Cl2N7O5. The molecule has 14 heteroatoms. The molecule has 1 aromatic carbocycles. The molecule has 4 rings (SSSR count). The zero-order valence-electron chi connectivity index (χ0n) is 23.2. The Hall–Kier alpha value is -4.00. The monoisotopic (exact) mass is 603 g/mol. The van der Waals surface area contributed by atoms with Crippen molar-refractivity contribution in [3.8, 4) is 17.2 Å². The van der Waals surface area contributed by atoms with Gasteiger partial charge in [-0.25, -0.2) is 4.98 Å². The van der Waals surface area contributed by atoms with Crippen LogP contribution < -0.4 is 35.5 Å².